The molecule has 2 heterocycles. The zero-order valence-electron chi connectivity index (χ0n) is 29.9. The number of benzene rings is 9. The van der Waals surface area contributed by atoms with Gasteiger partial charge < -0.3 is 9.47 Å². The van der Waals surface area contributed by atoms with Crippen LogP contribution < -0.4 is 4.90 Å². The zero-order chi connectivity index (χ0) is 36.3. The number of nitrogens with zero attached hydrogens (tertiary/aromatic N) is 2. The molecule has 0 unspecified atom stereocenters. The van der Waals surface area contributed by atoms with E-state index in [9.17, 15) is 0 Å². The van der Waals surface area contributed by atoms with Crippen molar-refractivity contribution in [1.29, 1.82) is 0 Å². The summed E-state index contributed by atoms with van der Waals surface area (Å²) >= 11 is 1.87. The Bertz CT molecular complexity index is 3200. The first-order chi connectivity index (χ1) is 27.3. The number of aromatic nitrogens is 1. The van der Waals surface area contributed by atoms with Crippen LogP contribution in [0.15, 0.2) is 206 Å². The van der Waals surface area contributed by atoms with E-state index in [1.807, 2.05) is 11.3 Å². The van der Waals surface area contributed by atoms with E-state index in [2.05, 4.69) is 216 Å². The Morgan fingerprint density at radius 3 is 1.95 bits per heavy atom. The minimum atomic E-state index is 1.11. The topological polar surface area (TPSA) is 8.17 Å². The predicted molar refractivity (Wildman–Crippen MR) is 237 cm³/mol. The Balaban J connectivity index is 1.12. The van der Waals surface area contributed by atoms with Crippen LogP contribution in [-0.2, 0) is 0 Å². The van der Waals surface area contributed by atoms with Gasteiger partial charge in [0.1, 0.15) is 0 Å². The fraction of sp³-hybridized carbons (Fsp3) is 0. The van der Waals surface area contributed by atoms with Crippen molar-refractivity contribution in [2.75, 3.05) is 4.90 Å². The summed E-state index contributed by atoms with van der Waals surface area (Å²) in [5.41, 5.74) is 11.8. The van der Waals surface area contributed by atoms with E-state index < -0.39 is 0 Å². The van der Waals surface area contributed by atoms with Gasteiger partial charge in [-0.1, -0.05) is 152 Å². The lowest BCUT2D eigenvalue weighted by Gasteiger charge is -2.27. The number of hydrogen-bond donors (Lipinski definition) is 0. The van der Waals surface area contributed by atoms with Crippen LogP contribution in [0.2, 0.25) is 0 Å². The number of thiophene rings is 1. The quantitative estimate of drug-likeness (QED) is 0.166. The SMILES string of the molecule is c1ccc(-n2c3ccccc3c3cccc(-c4cccc(N(c5ccc(-c6cccc7ccccc67)cc5)c5cccc6c5sc5ccccc56)c4)c32)cc1. The molecule has 9 aromatic carbocycles. The Kier molecular flexibility index (Phi) is 7.39. The van der Waals surface area contributed by atoms with E-state index in [1.54, 1.807) is 0 Å². The Morgan fingerprint density at radius 2 is 1.05 bits per heavy atom. The van der Waals surface area contributed by atoms with Crippen molar-refractivity contribution >= 4 is 81.1 Å². The van der Waals surface area contributed by atoms with E-state index in [0.717, 1.165) is 17.1 Å². The van der Waals surface area contributed by atoms with Gasteiger partial charge in [-0.3, -0.25) is 0 Å². The summed E-state index contributed by atoms with van der Waals surface area (Å²) in [7, 11) is 0. The smallest absolute Gasteiger partial charge is 0.0640 e. The molecule has 0 aliphatic rings. The largest absolute Gasteiger partial charge is 0.309 e. The van der Waals surface area contributed by atoms with Gasteiger partial charge in [0.25, 0.3) is 0 Å². The molecule has 0 atom stereocenters. The van der Waals surface area contributed by atoms with E-state index in [0.29, 0.717) is 0 Å². The number of hydrogen-bond acceptors (Lipinski definition) is 2. The average molecular weight is 719 g/mol. The molecule has 55 heavy (non-hydrogen) atoms. The molecule has 2 nitrogen and oxygen atoms in total. The van der Waals surface area contributed by atoms with Crippen molar-refractivity contribution in [1.82, 2.24) is 4.57 Å². The molecule has 11 rings (SSSR count). The molecule has 0 aliphatic carbocycles. The normalized spacial score (nSPS) is 11.6. The molecule has 0 radical (unpaired) electrons. The minimum absolute atomic E-state index is 1.11. The van der Waals surface area contributed by atoms with Gasteiger partial charge in [0.15, 0.2) is 0 Å². The summed E-state index contributed by atoms with van der Waals surface area (Å²) in [6.07, 6.45) is 0. The average Bonchev–Trinajstić information content (AvgIpc) is 3.81. The first-order valence-corrected chi connectivity index (χ1v) is 19.6. The molecule has 0 bridgehead atoms. The zero-order valence-corrected chi connectivity index (χ0v) is 30.7. The molecule has 0 saturated heterocycles. The summed E-state index contributed by atoms with van der Waals surface area (Å²) < 4.78 is 5.00. The van der Waals surface area contributed by atoms with Gasteiger partial charge in [-0.25, -0.2) is 0 Å². The third-order valence-corrected chi connectivity index (χ3v) is 12.2. The van der Waals surface area contributed by atoms with Gasteiger partial charge in [0, 0.05) is 48.9 Å². The van der Waals surface area contributed by atoms with Crippen molar-refractivity contribution < 1.29 is 0 Å². The lowest BCUT2D eigenvalue weighted by atomic mass is 9.98. The van der Waals surface area contributed by atoms with Crippen LogP contribution in [0.25, 0.3) is 80.7 Å². The van der Waals surface area contributed by atoms with Crippen LogP contribution in [0, 0.1) is 0 Å². The third kappa shape index (κ3) is 5.16. The van der Waals surface area contributed by atoms with Crippen molar-refractivity contribution in [2.45, 2.75) is 0 Å². The summed E-state index contributed by atoms with van der Waals surface area (Å²) in [5, 5.41) is 7.59. The maximum atomic E-state index is 2.45. The molecule has 0 aliphatic heterocycles. The fourth-order valence-corrected chi connectivity index (χ4v) is 9.72. The number of anilines is 3. The fourth-order valence-electron chi connectivity index (χ4n) is 8.51. The molecule has 2 aromatic heterocycles. The highest BCUT2D eigenvalue weighted by Gasteiger charge is 2.21. The maximum absolute atomic E-state index is 2.45. The molecular weight excluding hydrogens is 685 g/mol. The van der Waals surface area contributed by atoms with E-state index in [4.69, 9.17) is 0 Å². The van der Waals surface area contributed by atoms with Crippen LogP contribution in [0.4, 0.5) is 17.1 Å². The van der Waals surface area contributed by atoms with Gasteiger partial charge in [-0.05, 0) is 82.1 Å². The van der Waals surface area contributed by atoms with Crippen LogP contribution in [-0.4, -0.2) is 4.57 Å². The Morgan fingerprint density at radius 1 is 0.400 bits per heavy atom. The molecule has 0 spiro atoms. The molecule has 0 N–H and O–H groups in total. The number of fused-ring (bicyclic) bond motifs is 7. The summed E-state index contributed by atoms with van der Waals surface area (Å²) in [5.74, 6) is 0. The van der Waals surface area contributed by atoms with Gasteiger partial charge >= 0.3 is 0 Å². The van der Waals surface area contributed by atoms with E-state index in [1.165, 1.54) is 80.7 Å². The van der Waals surface area contributed by atoms with Gasteiger partial charge in [-0.2, -0.15) is 0 Å². The molecular formula is C52H34N2S. The van der Waals surface area contributed by atoms with Gasteiger partial charge in [0.2, 0.25) is 0 Å². The molecule has 0 saturated carbocycles. The highest BCUT2D eigenvalue weighted by molar-refractivity contribution is 7.26. The first kappa shape index (κ1) is 31.6. The van der Waals surface area contributed by atoms with E-state index >= 15 is 0 Å². The standard InChI is InChI=1S/C52H34N2S/c1-2-17-38(18-3-1)54-48-27-8-6-21-44(48)46-25-12-24-43(51(46)54)37-16-10-19-40(34-37)53(49-28-13-26-47-45-22-7-9-29-50(45)55-52(47)49)39-32-30-36(31-33-39)42-23-11-15-35-14-4-5-20-41(35)42/h1-34H. The van der Waals surface area contributed by atoms with Gasteiger partial charge in [0.05, 0.1) is 21.4 Å². The lowest BCUT2D eigenvalue weighted by molar-refractivity contribution is 1.18. The summed E-state index contributed by atoms with van der Waals surface area (Å²) in [6.45, 7) is 0. The van der Waals surface area contributed by atoms with Gasteiger partial charge in [-0.15, -0.1) is 11.3 Å². The highest BCUT2D eigenvalue weighted by Crippen LogP contribution is 2.46. The first-order valence-electron chi connectivity index (χ1n) is 18.8. The Labute approximate surface area is 323 Å². The Hall–Kier alpha value is -6.94. The second-order valence-electron chi connectivity index (χ2n) is 14.1. The maximum Gasteiger partial charge on any atom is 0.0640 e. The van der Waals surface area contributed by atoms with Crippen molar-refractivity contribution in [2.24, 2.45) is 0 Å². The lowest BCUT2D eigenvalue weighted by Crippen LogP contribution is -2.10. The highest BCUT2D eigenvalue weighted by atomic mass is 32.1. The van der Waals surface area contributed by atoms with Crippen LogP contribution in [0.1, 0.15) is 0 Å². The van der Waals surface area contributed by atoms with Crippen molar-refractivity contribution in [3.8, 4) is 27.9 Å². The molecule has 0 amide bonds. The predicted octanol–water partition coefficient (Wildman–Crippen LogP) is 15.1. The summed E-state index contributed by atoms with van der Waals surface area (Å²) in [4.78, 5) is 2.45. The monoisotopic (exact) mass is 718 g/mol. The third-order valence-electron chi connectivity index (χ3n) is 11.0. The number of rotatable bonds is 6. The molecule has 258 valence electrons. The number of para-hydroxylation sites is 3. The van der Waals surface area contributed by atoms with Crippen LogP contribution in [0.5, 0.6) is 0 Å². The molecule has 3 heteroatoms. The second-order valence-corrected chi connectivity index (χ2v) is 15.2. The molecule has 0 fully saturated rings. The van der Waals surface area contributed by atoms with Crippen molar-refractivity contribution in [3.63, 3.8) is 0 Å². The summed E-state index contributed by atoms with van der Waals surface area (Å²) in [6, 6.07) is 75.1. The van der Waals surface area contributed by atoms with Crippen molar-refractivity contribution in [3.05, 3.63) is 206 Å². The minimum Gasteiger partial charge on any atom is -0.309 e. The molecule has 11 aromatic rings. The second kappa shape index (κ2) is 12.9. The van der Waals surface area contributed by atoms with Crippen LogP contribution >= 0.6 is 11.3 Å². The van der Waals surface area contributed by atoms with E-state index in [-0.39, 0.29) is 0 Å². The van der Waals surface area contributed by atoms with Crippen LogP contribution in [0.3, 0.4) is 0 Å².